The fraction of sp³-hybridized carbons (Fsp3) is 0.381. The van der Waals surface area contributed by atoms with E-state index < -0.39 is 95.9 Å². The first-order valence-corrected chi connectivity index (χ1v) is 7.83. The van der Waals surface area contributed by atoms with Crippen LogP contribution >= 0.6 is 12.2 Å². The maximum atomic E-state index is 9.66. The highest BCUT2D eigenvalue weighted by Crippen LogP contribution is 2.58. The highest BCUT2D eigenvalue weighted by Gasteiger charge is 2.57. The normalized spacial score (nSPS) is 42.7. The lowest BCUT2D eigenvalue weighted by atomic mass is 9.60. The van der Waals surface area contributed by atoms with Crippen LogP contribution in [0.1, 0.15) is 68.4 Å². The van der Waals surface area contributed by atoms with E-state index in [0.29, 0.717) is 17.7 Å². The van der Waals surface area contributed by atoms with E-state index in [2.05, 4.69) is 0 Å². The fourth-order valence-corrected chi connectivity index (χ4v) is 3.60. The van der Waals surface area contributed by atoms with Crippen molar-refractivity contribution in [3.05, 3.63) is 71.6 Å². The summed E-state index contributed by atoms with van der Waals surface area (Å²) in [6.07, 6.45) is 0.478. The summed E-state index contributed by atoms with van der Waals surface area (Å²) in [6.45, 7) is -3.03. The van der Waals surface area contributed by atoms with Crippen LogP contribution in [0.4, 0.5) is 0 Å². The summed E-state index contributed by atoms with van der Waals surface area (Å²) < 4.78 is 118. The molecule has 4 rings (SSSR count). The second-order valence-corrected chi connectivity index (χ2v) is 5.91. The number of nitrogens with zero attached hydrogens (tertiary/aromatic N) is 1. The van der Waals surface area contributed by atoms with Crippen molar-refractivity contribution in [1.82, 2.24) is 4.90 Å². The Bertz CT molecular complexity index is 1290. The van der Waals surface area contributed by atoms with Gasteiger partial charge in [-0.1, -0.05) is 91.9 Å². The van der Waals surface area contributed by atoms with Crippen molar-refractivity contribution in [3.63, 3.8) is 0 Å². The van der Waals surface area contributed by atoms with Gasteiger partial charge in [-0.25, -0.2) is 0 Å². The quantitative estimate of drug-likeness (QED) is 0.679. The van der Waals surface area contributed by atoms with Crippen molar-refractivity contribution in [2.75, 3.05) is 0 Å². The number of benzene rings is 2. The van der Waals surface area contributed by atoms with Crippen molar-refractivity contribution in [1.29, 1.82) is 0 Å². The predicted octanol–water partition coefficient (Wildman–Crippen LogP) is 5.52. The van der Waals surface area contributed by atoms with Crippen molar-refractivity contribution in [3.8, 4) is 0 Å². The number of rotatable bonds is 3. The highest BCUT2D eigenvalue weighted by molar-refractivity contribution is 7.80. The fourth-order valence-electron chi connectivity index (χ4n) is 3.18. The van der Waals surface area contributed by atoms with Crippen molar-refractivity contribution in [2.45, 2.75) is 44.6 Å². The van der Waals surface area contributed by atoms with E-state index in [1.165, 1.54) is 0 Å². The Morgan fingerprint density at radius 1 is 1.13 bits per heavy atom. The molecule has 3 atom stereocenters. The molecule has 118 valence electrons. The molecule has 0 radical (unpaired) electrons. The molecule has 1 nitrogen and oxygen atoms in total. The molecular weight excluding hydrogens is 298 g/mol. The maximum absolute atomic E-state index is 9.66. The average molecular weight is 336 g/mol. The van der Waals surface area contributed by atoms with Crippen molar-refractivity contribution >= 4 is 17.2 Å². The molecule has 0 amide bonds. The third kappa shape index (κ3) is 2.49. The summed E-state index contributed by atoms with van der Waals surface area (Å²) in [5.74, 6) is 0. The molecule has 1 heterocycles. The molecule has 1 saturated carbocycles. The van der Waals surface area contributed by atoms with Gasteiger partial charge in [0.05, 0.1) is 28.8 Å². The van der Waals surface area contributed by atoms with Crippen LogP contribution in [0.5, 0.6) is 0 Å². The van der Waals surface area contributed by atoms with Gasteiger partial charge in [-0.05, 0) is 23.9 Å². The summed E-state index contributed by atoms with van der Waals surface area (Å²) >= 11 is 5.61. The van der Waals surface area contributed by atoms with Gasteiger partial charge >= 0.3 is 0 Å². The first-order valence-electron chi connectivity index (χ1n) is 14.5. The average Bonchev–Trinajstić information content (AvgIpc) is 2.83. The van der Waals surface area contributed by atoms with E-state index in [1.54, 1.807) is 0 Å². The summed E-state index contributed by atoms with van der Waals surface area (Å²) in [5, 5.41) is 0. The van der Waals surface area contributed by atoms with E-state index in [4.69, 9.17) is 30.0 Å². The molecular formula is C21H23NS. The molecule has 0 N–H and O–H groups in total. The predicted molar refractivity (Wildman–Crippen MR) is 99.3 cm³/mol. The molecule has 2 aliphatic rings. The standard InChI is InChI=1S/C21H23NS/c23-20-21(14-8-3-9-15-21)19(18-12-6-2-7-13-18)22(20)16-17-10-4-1-5-11-17/h1-2,4-7,10-13,19H,3,8-9,14-16H2/i1D,2D,4D,5D,6D,7D,10D,11D,12D,13D,14D,16D2,19D. The Balaban J connectivity index is 2.10. The van der Waals surface area contributed by atoms with Crippen LogP contribution in [-0.4, -0.2) is 9.89 Å². The third-order valence-electron chi connectivity index (χ3n) is 4.21. The first kappa shape index (κ1) is 6.00. The lowest BCUT2D eigenvalue weighted by Gasteiger charge is -2.61. The van der Waals surface area contributed by atoms with Crippen molar-refractivity contribution in [2.24, 2.45) is 5.41 Å². The molecule has 2 heteroatoms. The first-order chi connectivity index (χ1) is 17.0. The monoisotopic (exact) mass is 335 g/mol. The zero-order valence-electron chi connectivity index (χ0n) is 26.3. The van der Waals surface area contributed by atoms with Crippen molar-refractivity contribution < 1.29 is 19.2 Å². The molecule has 23 heavy (non-hydrogen) atoms. The Labute approximate surface area is 164 Å². The number of likely N-dealkylation sites (tertiary alicyclic amines) is 1. The molecule has 1 aliphatic carbocycles. The third-order valence-corrected chi connectivity index (χ3v) is 4.76. The minimum Gasteiger partial charge on any atom is -0.353 e. The summed E-state index contributed by atoms with van der Waals surface area (Å²) in [6, 6.07) is -10.2. The van der Waals surface area contributed by atoms with Crippen LogP contribution in [0.2, 0.25) is 0 Å². The zero-order valence-corrected chi connectivity index (χ0v) is 13.1. The summed E-state index contributed by atoms with van der Waals surface area (Å²) in [4.78, 5) is 0.440. The molecule has 0 aromatic heterocycles. The molecule has 2 aromatic carbocycles. The number of thiocarbonyl (C=S) groups is 1. The van der Waals surface area contributed by atoms with Crippen LogP contribution in [0.25, 0.3) is 0 Å². The molecule has 1 saturated heterocycles. The Hall–Kier alpha value is -1.67. The molecule has 0 bridgehead atoms. The Morgan fingerprint density at radius 2 is 1.83 bits per heavy atom. The van der Waals surface area contributed by atoms with Gasteiger partial charge in [-0.3, -0.25) is 0 Å². The molecule has 1 aliphatic heterocycles. The minimum atomic E-state index is -3.03. The lowest BCUT2D eigenvalue weighted by molar-refractivity contribution is 0.0460. The van der Waals surface area contributed by atoms with Crippen LogP contribution < -0.4 is 0 Å². The van der Waals surface area contributed by atoms with Crippen LogP contribution in [0.3, 0.4) is 0 Å². The van der Waals surface area contributed by atoms with Gasteiger partial charge in [0.1, 0.15) is 0 Å². The van der Waals surface area contributed by atoms with Crippen LogP contribution in [0.15, 0.2) is 60.4 Å². The van der Waals surface area contributed by atoms with Gasteiger partial charge in [0, 0.05) is 13.3 Å². The number of hydrogen-bond acceptors (Lipinski definition) is 1. The van der Waals surface area contributed by atoms with Gasteiger partial charge in [-0.2, -0.15) is 0 Å². The van der Waals surface area contributed by atoms with Gasteiger partial charge in [0.2, 0.25) is 0 Å². The highest BCUT2D eigenvalue weighted by atomic mass is 32.1. The second-order valence-electron chi connectivity index (χ2n) is 5.52. The lowest BCUT2D eigenvalue weighted by Crippen LogP contribution is -2.62. The van der Waals surface area contributed by atoms with Crippen LogP contribution in [-0.2, 0) is 6.50 Å². The maximum Gasteiger partial charge on any atom is 0.0874 e. The van der Waals surface area contributed by atoms with E-state index in [1.807, 2.05) is 0 Å². The van der Waals surface area contributed by atoms with E-state index in [0.717, 1.165) is 0 Å². The molecule has 1 spiro atoms. The topological polar surface area (TPSA) is 3.24 Å². The largest absolute Gasteiger partial charge is 0.353 e. The van der Waals surface area contributed by atoms with Gasteiger partial charge in [-0.15, -0.1) is 0 Å². The zero-order chi connectivity index (χ0) is 28.0. The molecule has 2 aromatic rings. The summed E-state index contributed by atoms with van der Waals surface area (Å²) in [7, 11) is 0. The van der Waals surface area contributed by atoms with E-state index >= 15 is 0 Å². The van der Waals surface area contributed by atoms with Gasteiger partial charge in [0.25, 0.3) is 0 Å². The number of hydrogen-bond donors (Lipinski definition) is 0. The van der Waals surface area contributed by atoms with Gasteiger partial charge in [0.15, 0.2) is 0 Å². The Morgan fingerprint density at radius 3 is 2.52 bits per heavy atom. The van der Waals surface area contributed by atoms with Crippen LogP contribution in [0, 0.1) is 5.41 Å². The Kier molecular flexibility index (Phi) is 1.59. The smallest absolute Gasteiger partial charge is 0.0874 e. The summed E-state index contributed by atoms with van der Waals surface area (Å²) in [5.41, 5.74) is -2.96. The SMILES string of the molecule is [2H]c1c([2H])c([2H])c(C([2H])([2H])N2C(=S)C3(CCCCC3[2H])C2([2H])c2c([2H])c([2H])c([2H])c([2H])c2[2H])c([2H])c1[2H]. The molecule has 3 unspecified atom stereocenters. The minimum absolute atomic E-state index is 0.124. The van der Waals surface area contributed by atoms with E-state index in [9.17, 15) is 1.37 Å². The van der Waals surface area contributed by atoms with Gasteiger partial charge < -0.3 is 4.90 Å². The molecule has 2 fully saturated rings. The second kappa shape index (κ2) is 6.09. The van der Waals surface area contributed by atoms with E-state index in [-0.39, 0.29) is 17.8 Å².